The van der Waals surface area contributed by atoms with Crippen molar-refractivity contribution in [3.8, 4) is 0 Å². The van der Waals surface area contributed by atoms with Gasteiger partial charge in [-0.3, -0.25) is 0 Å². The molecule has 2 fully saturated rings. The van der Waals surface area contributed by atoms with Crippen molar-refractivity contribution < 1.29 is 9.53 Å². The van der Waals surface area contributed by atoms with Gasteiger partial charge in [-0.2, -0.15) is 0 Å². The van der Waals surface area contributed by atoms with E-state index in [1.165, 1.54) is 22.2 Å². The van der Waals surface area contributed by atoms with E-state index in [4.69, 9.17) is 4.74 Å². The van der Waals surface area contributed by atoms with E-state index in [-0.39, 0.29) is 17.6 Å². The third-order valence-electron chi connectivity index (χ3n) is 6.95. The van der Waals surface area contributed by atoms with Gasteiger partial charge in [-0.1, -0.05) is 39.0 Å². The van der Waals surface area contributed by atoms with Crippen LogP contribution in [-0.2, 0) is 4.74 Å². The van der Waals surface area contributed by atoms with Crippen molar-refractivity contribution in [3.63, 3.8) is 0 Å². The highest BCUT2D eigenvalue weighted by atomic mass is 16.5. The zero-order valence-corrected chi connectivity index (χ0v) is 19.0. The van der Waals surface area contributed by atoms with Crippen molar-refractivity contribution in [1.29, 1.82) is 0 Å². The van der Waals surface area contributed by atoms with E-state index in [1.54, 1.807) is 0 Å². The number of hydrogen-bond donors (Lipinski definition) is 2. The molecule has 30 heavy (non-hydrogen) atoms. The summed E-state index contributed by atoms with van der Waals surface area (Å²) in [7, 11) is 0. The highest BCUT2D eigenvalue weighted by Crippen LogP contribution is 2.36. The molecule has 2 aromatic rings. The zero-order valence-electron chi connectivity index (χ0n) is 19.0. The Morgan fingerprint density at radius 1 is 1.20 bits per heavy atom. The van der Waals surface area contributed by atoms with E-state index < -0.39 is 0 Å². The number of para-hydroxylation sites is 1. The molecule has 0 aliphatic carbocycles. The number of piperidine rings is 1. The number of likely N-dealkylation sites (tertiary alicyclic amines) is 1. The molecular formula is C25H37N3O2. The number of nitrogens with zero attached hydrogens (tertiary/aromatic N) is 1. The van der Waals surface area contributed by atoms with E-state index in [2.05, 4.69) is 62.3 Å². The van der Waals surface area contributed by atoms with E-state index >= 15 is 0 Å². The Kier molecular flexibility index (Phi) is 6.10. The summed E-state index contributed by atoms with van der Waals surface area (Å²) in [6.07, 6.45) is 4.47. The molecule has 0 spiro atoms. The van der Waals surface area contributed by atoms with E-state index in [1.807, 2.05) is 4.90 Å². The number of benzene rings is 1. The number of carbonyl (C=O) groups excluding carboxylic acids is 1. The van der Waals surface area contributed by atoms with Crippen LogP contribution in [0.25, 0.3) is 10.9 Å². The van der Waals surface area contributed by atoms with Crippen molar-refractivity contribution >= 4 is 16.9 Å². The largest absolute Gasteiger partial charge is 0.377 e. The first kappa shape index (κ1) is 21.2. The average Bonchev–Trinajstić information content (AvgIpc) is 3.07. The molecule has 0 saturated carbocycles. The highest BCUT2D eigenvalue weighted by molar-refractivity contribution is 5.85. The van der Waals surface area contributed by atoms with Crippen molar-refractivity contribution in [2.75, 3.05) is 26.2 Å². The molecule has 2 N–H and O–H groups in total. The maximum atomic E-state index is 12.8. The third kappa shape index (κ3) is 4.36. The number of H-pyrrole nitrogens is 1. The SMILES string of the molecule is Cc1[nH]c2ccccc2c1C1CCN(C(=O)NCC2CCCOC2C(C)(C)C)CC1. The summed E-state index contributed by atoms with van der Waals surface area (Å²) in [5.74, 6) is 0.913. The quantitative estimate of drug-likeness (QED) is 0.729. The second kappa shape index (κ2) is 8.62. The Morgan fingerprint density at radius 2 is 1.93 bits per heavy atom. The Labute approximate surface area is 180 Å². The van der Waals surface area contributed by atoms with Gasteiger partial charge in [0.2, 0.25) is 0 Å². The fraction of sp³-hybridized carbons (Fsp3) is 0.640. The second-order valence-electron chi connectivity index (χ2n) is 10.2. The predicted molar refractivity (Wildman–Crippen MR) is 122 cm³/mol. The highest BCUT2D eigenvalue weighted by Gasteiger charge is 2.36. The molecule has 2 atom stereocenters. The summed E-state index contributed by atoms with van der Waals surface area (Å²) < 4.78 is 6.07. The molecule has 5 heteroatoms. The van der Waals surface area contributed by atoms with Crippen molar-refractivity contribution in [3.05, 3.63) is 35.5 Å². The van der Waals surface area contributed by atoms with E-state index in [0.717, 1.165) is 45.4 Å². The molecule has 2 aliphatic heterocycles. The molecule has 0 radical (unpaired) electrons. The van der Waals surface area contributed by atoms with Gasteiger partial charge >= 0.3 is 6.03 Å². The lowest BCUT2D eigenvalue weighted by molar-refractivity contribution is -0.0839. The average molecular weight is 412 g/mol. The number of ether oxygens (including phenoxy) is 1. The molecule has 1 aromatic heterocycles. The van der Waals surface area contributed by atoms with Crippen LogP contribution in [0.1, 0.15) is 63.6 Å². The number of fused-ring (bicyclic) bond motifs is 1. The van der Waals surface area contributed by atoms with Crippen LogP contribution < -0.4 is 5.32 Å². The standard InChI is InChI=1S/C25H37N3O2/c1-17-22(20-9-5-6-10-21(20)27-17)18-11-13-28(14-12-18)24(29)26-16-19-8-7-15-30-23(19)25(2,3)4/h5-6,9-10,18-19,23,27H,7-8,11-16H2,1-4H3,(H,26,29). The molecule has 2 amide bonds. The lowest BCUT2D eigenvalue weighted by Crippen LogP contribution is -2.49. The molecule has 3 heterocycles. The Morgan fingerprint density at radius 3 is 2.67 bits per heavy atom. The van der Waals surface area contributed by atoms with Gasteiger partial charge in [0.15, 0.2) is 0 Å². The number of aromatic nitrogens is 1. The molecule has 5 nitrogen and oxygen atoms in total. The molecule has 0 bridgehead atoms. The molecule has 2 aliphatic rings. The first-order valence-electron chi connectivity index (χ1n) is 11.6. The molecule has 4 rings (SSSR count). The number of amides is 2. The number of aryl methyl sites for hydroxylation is 1. The van der Waals surface area contributed by atoms with Gasteiger partial charge in [-0.15, -0.1) is 0 Å². The molecule has 164 valence electrons. The van der Waals surface area contributed by atoms with Crippen molar-refractivity contribution in [2.45, 2.75) is 65.4 Å². The van der Waals surface area contributed by atoms with Crippen LogP contribution >= 0.6 is 0 Å². The minimum Gasteiger partial charge on any atom is -0.377 e. The summed E-state index contributed by atoms with van der Waals surface area (Å²) in [5.41, 5.74) is 4.03. The summed E-state index contributed by atoms with van der Waals surface area (Å²) >= 11 is 0. The van der Waals surface area contributed by atoms with Crippen molar-refractivity contribution in [1.82, 2.24) is 15.2 Å². The molecule has 1 aromatic carbocycles. The lowest BCUT2D eigenvalue weighted by Gasteiger charge is -2.40. The zero-order chi connectivity index (χ0) is 21.3. The molecular weight excluding hydrogens is 374 g/mol. The van der Waals surface area contributed by atoms with Crippen molar-refractivity contribution in [2.24, 2.45) is 11.3 Å². The Bertz CT molecular complexity index is 874. The normalized spacial score (nSPS) is 23.7. The number of hydrogen-bond acceptors (Lipinski definition) is 2. The topological polar surface area (TPSA) is 57.4 Å². The first-order chi connectivity index (χ1) is 14.3. The Hall–Kier alpha value is -2.01. The van der Waals surface area contributed by atoms with Gasteiger partial charge in [0.1, 0.15) is 0 Å². The van der Waals surface area contributed by atoms with Gasteiger partial charge < -0.3 is 19.9 Å². The van der Waals surface area contributed by atoms with Crippen LogP contribution in [0.2, 0.25) is 0 Å². The fourth-order valence-electron chi connectivity index (χ4n) is 5.54. The van der Waals surface area contributed by atoms with E-state index in [9.17, 15) is 4.79 Å². The number of aromatic amines is 1. The maximum absolute atomic E-state index is 12.8. The monoisotopic (exact) mass is 411 g/mol. The van der Waals surface area contributed by atoms with Crippen LogP contribution in [0.15, 0.2) is 24.3 Å². The Balaban J connectivity index is 1.33. The van der Waals surface area contributed by atoms with Crippen LogP contribution in [0.3, 0.4) is 0 Å². The van der Waals surface area contributed by atoms with Crippen LogP contribution in [0, 0.1) is 18.3 Å². The fourth-order valence-corrected chi connectivity index (χ4v) is 5.54. The second-order valence-corrected chi connectivity index (χ2v) is 10.2. The number of nitrogens with one attached hydrogen (secondary N) is 2. The van der Waals surface area contributed by atoms with Gasteiger partial charge in [-0.25, -0.2) is 4.79 Å². The lowest BCUT2D eigenvalue weighted by atomic mass is 9.78. The number of carbonyl (C=O) groups is 1. The third-order valence-corrected chi connectivity index (χ3v) is 6.95. The molecule has 2 saturated heterocycles. The maximum Gasteiger partial charge on any atom is 0.317 e. The number of rotatable bonds is 3. The first-order valence-corrected chi connectivity index (χ1v) is 11.6. The minimum atomic E-state index is 0.0855. The summed E-state index contributed by atoms with van der Waals surface area (Å²) in [6.45, 7) is 12.1. The smallest absolute Gasteiger partial charge is 0.317 e. The van der Waals surface area contributed by atoms with Gasteiger partial charge in [-0.05, 0) is 55.6 Å². The van der Waals surface area contributed by atoms with Gasteiger partial charge in [0.25, 0.3) is 0 Å². The van der Waals surface area contributed by atoms with Gasteiger partial charge in [0.05, 0.1) is 6.10 Å². The number of urea groups is 1. The summed E-state index contributed by atoms with van der Waals surface area (Å²) in [5, 5.41) is 4.55. The summed E-state index contributed by atoms with van der Waals surface area (Å²) in [4.78, 5) is 18.4. The van der Waals surface area contributed by atoms with Crippen LogP contribution in [0.5, 0.6) is 0 Å². The van der Waals surface area contributed by atoms with Gasteiger partial charge in [0, 0.05) is 48.8 Å². The minimum absolute atomic E-state index is 0.0855. The van der Waals surface area contributed by atoms with Crippen LogP contribution in [0.4, 0.5) is 4.79 Å². The predicted octanol–water partition coefficient (Wildman–Crippen LogP) is 5.21. The van der Waals surface area contributed by atoms with E-state index in [0.29, 0.717) is 18.4 Å². The summed E-state index contributed by atoms with van der Waals surface area (Å²) in [6, 6.07) is 8.64. The van der Waals surface area contributed by atoms with Crippen LogP contribution in [-0.4, -0.2) is 48.3 Å². The molecule has 2 unspecified atom stereocenters.